The van der Waals surface area contributed by atoms with Crippen molar-refractivity contribution in [3.63, 3.8) is 0 Å². The van der Waals surface area contributed by atoms with E-state index in [1.54, 1.807) is 0 Å². The molecule has 34 heavy (non-hydrogen) atoms. The molecular formula is C33H24O. The Morgan fingerprint density at radius 1 is 0.471 bits per heavy atom. The monoisotopic (exact) mass is 436 g/mol. The van der Waals surface area contributed by atoms with Gasteiger partial charge in [-0.05, 0) is 63.2 Å². The second kappa shape index (κ2) is 9.56. The highest BCUT2D eigenvalue weighted by molar-refractivity contribution is 6.10. The first kappa shape index (κ1) is 21.4. The molecule has 1 heteroatoms. The summed E-state index contributed by atoms with van der Waals surface area (Å²) < 4.78 is 0. The maximum absolute atomic E-state index is 13.7. The summed E-state index contributed by atoms with van der Waals surface area (Å²) in [5.74, 6) is 0.0134. The summed E-state index contributed by atoms with van der Waals surface area (Å²) in [6.45, 7) is 3.82. The van der Waals surface area contributed by atoms with E-state index in [9.17, 15) is 4.79 Å². The van der Waals surface area contributed by atoms with Crippen LogP contribution in [-0.2, 0) is 0 Å². The van der Waals surface area contributed by atoms with Gasteiger partial charge >= 0.3 is 0 Å². The van der Waals surface area contributed by atoms with Gasteiger partial charge in [-0.25, -0.2) is 0 Å². The van der Waals surface area contributed by atoms with Crippen LogP contribution < -0.4 is 0 Å². The molecule has 0 amide bonds. The van der Waals surface area contributed by atoms with Crippen LogP contribution in [0.2, 0.25) is 0 Å². The fraction of sp³-hybridized carbons (Fsp3) is 0. The van der Waals surface area contributed by atoms with Gasteiger partial charge in [0.15, 0.2) is 5.78 Å². The molecule has 5 aromatic rings. The summed E-state index contributed by atoms with van der Waals surface area (Å²) in [5, 5.41) is 0. The van der Waals surface area contributed by atoms with Crippen molar-refractivity contribution >= 4 is 11.9 Å². The van der Waals surface area contributed by atoms with Crippen molar-refractivity contribution in [1.29, 1.82) is 0 Å². The minimum atomic E-state index is 0.0134. The molecular weight excluding hydrogens is 412 g/mol. The minimum absolute atomic E-state index is 0.0134. The average Bonchev–Trinajstić information content (AvgIpc) is 2.93. The Morgan fingerprint density at radius 2 is 0.971 bits per heavy atom. The lowest BCUT2D eigenvalue weighted by atomic mass is 9.92. The number of benzene rings is 5. The molecule has 0 aliphatic carbocycles. The lowest BCUT2D eigenvalue weighted by Crippen LogP contribution is -2.02. The molecule has 0 spiro atoms. The molecule has 0 saturated carbocycles. The van der Waals surface area contributed by atoms with Crippen LogP contribution in [0.4, 0.5) is 0 Å². The van der Waals surface area contributed by atoms with Crippen molar-refractivity contribution < 1.29 is 4.79 Å². The minimum Gasteiger partial charge on any atom is -0.289 e. The van der Waals surface area contributed by atoms with Crippen molar-refractivity contribution in [2.24, 2.45) is 0 Å². The van der Waals surface area contributed by atoms with E-state index in [1.165, 1.54) is 0 Å². The Hall–Kier alpha value is -4.49. The SMILES string of the molecule is C=Cc1ccc(-c2cccc(C(=O)c3cc(-c4ccccc4)cc(-c4ccccc4)c3)c2)cc1. The highest BCUT2D eigenvalue weighted by Gasteiger charge is 2.14. The first-order valence-electron chi connectivity index (χ1n) is 11.3. The Kier molecular flexibility index (Phi) is 6.01. The molecule has 0 N–H and O–H groups in total. The molecule has 0 fully saturated rings. The van der Waals surface area contributed by atoms with E-state index in [0.717, 1.165) is 38.9 Å². The van der Waals surface area contributed by atoms with E-state index >= 15 is 0 Å². The van der Waals surface area contributed by atoms with Crippen LogP contribution in [0.3, 0.4) is 0 Å². The number of carbonyl (C=O) groups is 1. The van der Waals surface area contributed by atoms with Crippen LogP contribution in [0.25, 0.3) is 39.5 Å². The summed E-state index contributed by atoms with van der Waals surface area (Å²) in [4.78, 5) is 13.7. The van der Waals surface area contributed by atoms with E-state index in [-0.39, 0.29) is 5.78 Å². The quantitative estimate of drug-likeness (QED) is 0.244. The summed E-state index contributed by atoms with van der Waals surface area (Å²) >= 11 is 0. The van der Waals surface area contributed by atoms with Crippen molar-refractivity contribution in [3.05, 3.63) is 151 Å². The van der Waals surface area contributed by atoms with Crippen molar-refractivity contribution in [2.45, 2.75) is 0 Å². The van der Waals surface area contributed by atoms with Gasteiger partial charge in [0.1, 0.15) is 0 Å². The first-order valence-corrected chi connectivity index (χ1v) is 11.3. The van der Waals surface area contributed by atoms with Crippen molar-refractivity contribution in [1.82, 2.24) is 0 Å². The molecule has 0 radical (unpaired) electrons. The number of ketones is 1. The van der Waals surface area contributed by atoms with Crippen LogP contribution in [-0.4, -0.2) is 5.78 Å². The predicted octanol–water partition coefficient (Wildman–Crippen LogP) is 8.56. The van der Waals surface area contributed by atoms with Crippen LogP contribution in [0.5, 0.6) is 0 Å². The molecule has 5 rings (SSSR count). The average molecular weight is 437 g/mol. The molecule has 0 unspecified atom stereocenters. The van der Waals surface area contributed by atoms with Crippen LogP contribution >= 0.6 is 0 Å². The van der Waals surface area contributed by atoms with Gasteiger partial charge in [-0.15, -0.1) is 0 Å². The largest absolute Gasteiger partial charge is 0.289 e. The van der Waals surface area contributed by atoms with Gasteiger partial charge in [-0.2, -0.15) is 0 Å². The number of rotatable bonds is 6. The highest BCUT2D eigenvalue weighted by Crippen LogP contribution is 2.30. The molecule has 5 aromatic carbocycles. The van der Waals surface area contributed by atoms with Gasteiger partial charge in [0, 0.05) is 11.1 Å². The summed E-state index contributed by atoms with van der Waals surface area (Å²) in [5.41, 5.74) is 8.75. The van der Waals surface area contributed by atoms with Gasteiger partial charge in [0.05, 0.1) is 0 Å². The van der Waals surface area contributed by atoms with Crippen LogP contribution in [0.15, 0.2) is 134 Å². The second-order valence-corrected chi connectivity index (χ2v) is 8.27. The molecule has 0 aliphatic rings. The third-order valence-electron chi connectivity index (χ3n) is 6.01. The van der Waals surface area contributed by atoms with E-state index in [2.05, 4.69) is 49.0 Å². The van der Waals surface area contributed by atoms with E-state index in [4.69, 9.17) is 0 Å². The van der Waals surface area contributed by atoms with Gasteiger partial charge in [0.2, 0.25) is 0 Å². The van der Waals surface area contributed by atoms with Gasteiger partial charge < -0.3 is 0 Å². The van der Waals surface area contributed by atoms with Crippen molar-refractivity contribution in [2.75, 3.05) is 0 Å². The lowest BCUT2D eigenvalue weighted by molar-refractivity contribution is 0.103. The zero-order valence-electron chi connectivity index (χ0n) is 18.8. The van der Waals surface area contributed by atoms with E-state index in [0.29, 0.717) is 11.1 Å². The molecule has 0 aromatic heterocycles. The Labute approximate surface area is 200 Å². The molecule has 1 nitrogen and oxygen atoms in total. The van der Waals surface area contributed by atoms with Gasteiger partial charge in [-0.3, -0.25) is 4.79 Å². The normalized spacial score (nSPS) is 10.6. The molecule has 0 aliphatic heterocycles. The molecule has 162 valence electrons. The Morgan fingerprint density at radius 3 is 1.53 bits per heavy atom. The summed E-state index contributed by atoms with van der Waals surface area (Å²) in [6, 6.07) is 42.6. The van der Waals surface area contributed by atoms with Gasteiger partial charge in [0.25, 0.3) is 0 Å². The van der Waals surface area contributed by atoms with E-state index in [1.807, 2.05) is 91.0 Å². The summed E-state index contributed by atoms with van der Waals surface area (Å²) in [6.07, 6.45) is 1.83. The second-order valence-electron chi connectivity index (χ2n) is 8.27. The smallest absolute Gasteiger partial charge is 0.193 e. The molecule has 0 atom stereocenters. The number of hydrogen-bond acceptors (Lipinski definition) is 1. The Bertz CT molecular complexity index is 1390. The molecule has 0 saturated heterocycles. The van der Waals surface area contributed by atoms with Gasteiger partial charge in [-0.1, -0.05) is 116 Å². The maximum atomic E-state index is 13.7. The topological polar surface area (TPSA) is 17.1 Å². The summed E-state index contributed by atoms with van der Waals surface area (Å²) in [7, 11) is 0. The zero-order chi connectivity index (χ0) is 23.3. The first-order chi connectivity index (χ1) is 16.7. The lowest BCUT2D eigenvalue weighted by Gasteiger charge is -2.11. The van der Waals surface area contributed by atoms with E-state index < -0.39 is 0 Å². The third kappa shape index (κ3) is 4.51. The number of hydrogen-bond donors (Lipinski definition) is 0. The molecule has 0 bridgehead atoms. The standard InChI is InChI=1S/C33H24O/c1-2-24-16-18-27(19-17-24)28-14-9-15-29(20-28)33(34)32-22-30(25-10-5-3-6-11-25)21-31(23-32)26-12-7-4-8-13-26/h2-23H,1H2. The van der Waals surface area contributed by atoms with Crippen LogP contribution in [0, 0.1) is 0 Å². The van der Waals surface area contributed by atoms with Crippen molar-refractivity contribution in [3.8, 4) is 33.4 Å². The number of carbonyl (C=O) groups excluding carboxylic acids is 1. The zero-order valence-corrected chi connectivity index (χ0v) is 18.8. The Balaban J connectivity index is 1.57. The predicted molar refractivity (Wildman–Crippen MR) is 143 cm³/mol. The fourth-order valence-electron chi connectivity index (χ4n) is 4.17. The third-order valence-corrected chi connectivity index (χ3v) is 6.01. The fourth-order valence-corrected chi connectivity index (χ4v) is 4.17. The maximum Gasteiger partial charge on any atom is 0.193 e. The van der Waals surface area contributed by atoms with Crippen LogP contribution in [0.1, 0.15) is 21.5 Å². The highest BCUT2D eigenvalue weighted by atomic mass is 16.1. The molecule has 0 heterocycles.